The largest absolute Gasteiger partial charge is 0.462 e. The number of allylic oxidation sites excluding steroid dienone is 1. The second-order valence-corrected chi connectivity index (χ2v) is 7.88. The van der Waals surface area contributed by atoms with E-state index in [4.69, 9.17) is 18.9 Å². The third-order valence-corrected chi connectivity index (χ3v) is 5.33. The Morgan fingerprint density at radius 3 is 2.95 bits per heavy atom. The summed E-state index contributed by atoms with van der Waals surface area (Å²) in [5, 5.41) is 0. The second-order valence-electron chi connectivity index (χ2n) is 7.88. The standard InChI is InChI=1S/C17H24O5/c1-17(2,3)16(18)21-8-11-14-12-9(6-19-14)4-5-10-7-20-15(22-11)13(10)12/h5,9,11-15H,4,6-8H2,1-3H3/t9-,11+,12-,13+,14+,15-/m0/s1. The van der Waals surface area contributed by atoms with Crippen molar-refractivity contribution in [2.75, 3.05) is 19.8 Å². The third kappa shape index (κ3) is 2.22. The molecule has 0 unspecified atom stereocenters. The average Bonchev–Trinajstić information content (AvgIpc) is 3.05. The molecular formula is C17H24O5. The minimum absolute atomic E-state index is 0.0180. The fourth-order valence-corrected chi connectivity index (χ4v) is 4.16. The van der Waals surface area contributed by atoms with Gasteiger partial charge in [0.2, 0.25) is 0 Å². The van der Waals surface area contributed by atoms with Crippen LogP contribution in [0.25, 0.3) is 0 Å². The molecule has 22 heavy (non-hydrogen) atoms. The summed E-state index contributed by atoms with van der Waals surface area (Å²) in [5.74, 6) is 1.12. The molecule has 1 aliphatic carbocycles. The van der Waals surface area contributed by atoms with Gasteiger partial charge in [-0.05, 0) is 38.7 Å². The van der Waals surface area contributed by atoms with Crippen molar-refractivity contribution in [3.63, 3.8) is 0 Å². The van der Waals surface area contributed by atoms with Crippen molar-refractivity contribution in [3.05, 3.63) is 11.6 Å². The molecule has 5 nitrogen and oxygen atoms in total. The zero-order valence-electron chi connectivity index (χ0n) is 13.4. The Kier molecular flexibility index (Phi) is 3.36. The zero-order valence-corrected chi connectivity index (χ0v) is 13.4. The number of rotatable bonds is 2. The van der Waals surface area contributed by atoms with Gasteiger partial charge in [0, 0.05) is 11.8 Å². The van der Waals surface area contributed by atoms with Crippen LogP contribution < -0.4 is 0 Å². The number of carbonyl (C=O) groups is 1. The molecule has 0 N–H and O–H groups in total. The molecule has 3 fully saturated rings. The summed E-state index contributed by atoms with van der Waals surface area (Å²) in [7, 11) is 0. The van der Waals surface area contributed by atoms with Gasteiger partial charge in [-0.1, -0.05) is 6.08 Å². The molecule has 0 radical (unpaired) electrons. The number of hydrogen-bond acceptors (Lipinski definition) is 5. The predicted molar refractivity (Wildman–Crippen MR) is 77.9 cm³/mol. The van der Waals surface area contributed by atoms with Crippen LogP contribution in [0.3, 0.4) is 0 Å². The van der Waals surface area contributed by atoms with Crippen molar-refractivity contribution in [2.45, 2.75) is 45.7 Å². The van der Waals surface area contributed by atoms with E-state index < -0.39 is 5.41 Å². The molecule has 3 heterocycles. The molecule has 122 valence electrons. The Bertz CT molecular complexity index is 506. The molecule has 5 heteroatoms. The lowest BCUT2D eigenvalue weighted by atomic mass is 9.69. The Hall–Kier alpha value is -0.910. The van der Waals surface area contributed by atoms with E-state index in [2.05, 4.69) is 6.08 Å². The van der Waals surface area contributed by atoms with Crippen LogP contribution >= 0.6 is 0 Å². The van der Waals surface area contributed by atoms with E-state index in [9.17, 15) is 4.79 Å². The summed E-state index contributed by atoms with van der Waals surface area (Å²) in [6.07, 6.45) is 2.97. The molecule has 0 saturated carbocycles. The highest BCUT2D eigenvalue weighted by Gasteiger charge is 2.57. The SMILES string of the molecule is CC(C)(C)C(=O)OC[C@H]1O[C@@H]2OCC3=CC[C@H]4CO[C@H]1[C@@H]4[C@@H]32. The molecule has 6 atom stereocenters. The van der Waals surface area contributed by atoms with Crippen LogP contribution in [-0.2, 0) is 23.7 Å². The monoisotopic (exact) mass is 308 g/mol. The van der Waals surface area contributed by atoms with Gasteiger partial charge in [-0.15, -0.1) is 0 Å². The van der Waals surface area contributed by atoms with Crippen LogP contribution in [0.4, 0.5) is 0 Å². The Morgan fingerprint density at radius 1 is 1.36 bits per heavy atom. The highest BCUT2D eigenvalue weighted by molar-refractivity contribution is 5.75. The molecule has 0 spiro atoms. The Balaban J connectivity index is 1.49. The highest BCUT2D eigenvalue weighted by atomic mass is 16.7. The topological polar surface area (TPSA) is 54.0 Å². The molecule has 0 aromatic heterocycles. The fourth-order valence-electron chi connectivity index (χ4n) is 4.16. The van der Waals surface area contributed by atoms with Crippen LogP contribution in [0.2, 0.25) is 0 Å². The lowest BCUT2D eigenvalue weighted by Gasteiger charge is -2.43. The van der Waals surface area contributed by atoms with Crippen molar-refractivity contribution in [1.82, 2.24) is 0 Å². The summed E-state index contributed by atoms with van der Waals surface area (Å²) >= 11 is 0. The minimum Gasteiger partial charge on any atom is -0.462 e. The molecular weight excluding hydrogens is 284 g/mol. The summed E-state index contributed by atoms with van der Waals surface area (Å²) < 4.78 is 23.4. The number of esters is 1. The van der Waals surface area contributed by atoms with Gasteiger partial charge in [0.15, 0.2) is 6.29 Å². The van der Waals surface area contributed by atoms with Gasteiger partial charge in [-0.25, -0.2) is 0 Å². The zero-order chi connectivity index (χ0) is 15.5. The summed E-state index contributed by atoms with van der Waals surface area (Å²) in [6.45, 7) is 7.25. The van der Waals surface area contributed by atoms with Gasteiger partial charge in [0.05, 0.1) is 24.7 Å². The number of ether oxygens (including phenoxy) is 4. The van der Waals surface area contributed by atoms with Crippen LogP contribution in [0.15, 0.2) is 11.6 Å². The normalized spacial score (nSPS) is 42.8. The summed E-state index contributed by atoms with van der Waals surface area (Å²) in [4.78, 5) is 12.0. The molecule has 0 aromatic carbocycles. The first kappa shape index (κ1) is 14.7. The van der Waals surface area contributed by atoms with Gasteiger partial charge in [0.25, 0.3) is 0 Å². The van der Waals surface area contributed by atoms with Gasteiger partial charge >= 0.3 is 5.97 Å². The van der Waals surface area contributed by atoms with E-state index in [1.54, 1.807) is 0 Å². The molecule has 0 bridgehead atoms. The lowest BCUT2D eigenvalue weighted by Crippen LogP contribution is -2.52. The van der Waals surface area contributed by atoms with E-state index in [0.29, 0.717) is 24.4 Å². The average molecular weight is 308 g/mol. The molecule has 0 amide bonds. The predicted octanol–water partition coefficient (Wildman–Crippen LogP) is 1.91. The molecule has 3 aliphatic heterocycles. The van der Waals surface area contributed by atoms with Crippen molar-refractivity contribution in [2.24, 2.45) is 23.2 Å². The Morgan fingerprint density at radius 2 is 2.18 bits per heavy atom. The third-order valence-electron chi connectivity index (χ3n) is 5.33. The maximum absolute atomic E-state index is 12.0. The van der Waals surface area contributed by atoms with Crippen molar-refractivity contribution in [3.8, 4) is 0 Å². The molecule has 4 aliphatic rings. The van der Waals surface area contributed by atoms with Crippen LogP contribution in [0.1, 0.15) is 27.2 Å². The van der Waals surface area contributed by atoms with E-state index in [1.807, 2.05) is 20.8 Å². The molecule has 0 aromatic rings. The van der Waals surface area contributed by atoms with Crippen molar-refractivity contribution in [1.29, 1.82) is 0 Å². The molecule has 3 saturated heterocycles. The van der Waals surface area contributed by atoms with E-state index in [1.165, 1.54) is 5.57 Å². The van der Waals surface area contributed by atoms with Crippen LogP contribution in [0, 0.1) is 23.2 Å². The summed E-state index contributed by atoms with van der Waals surface area (Å²) in [6, 6.07) is 0. The van der Waals surface area contributed by atoms with E-state index in [0.717, 1.165) is 13.0 Å². The number of carbonyl (C=O) groups excluding carboxylic acids is 1. The maximum atomic E-state index is 12.0. The lowest BCUT2D eigenvalue weighted by molar-refractivity contribution is -0.242. The molecule has 4 rings (SSSR count). The first-order valence-corrected chi connectivity index (χ1v) is 8.20. The maximum Gasteiger partial charge on any atom is 0.311 e. The Labute approximate surface area is 130 Å². The van der Waals surface area contributed by atoms with Gasteiger partial charge in [-0.2, -0.15) is 0 Å². The number of hydrogen-bond donors (Lipinski definition) is 0. The summed E-state index contributed by atoms with van der Waals surface area (Å²) in [5.41, 5.74) is 0.868. The van der Waals surface area contributed by atoms with Crippen LogP contribution in [-0.4, -0.2) is 44.3 Å². The highest BCUT2D eigenvalue weighted by Crippen LogP contribution is 2.52. The van der Waals surface area contributed by atoms with Crippen molar-refractivity contribution < 1.29 is 23.7 Å². The van der Waals surface area contributed by atoms with Gasteiger partial charge < -0.3 is 18.9 Å². The van der Waals surface area contributed by atoms with Gasteiger partial charge in [0.1, 0.15) is 12.7 Å². The van der Waals surface area contributed by atoms with Crippen molar-refractivity contribution >= 4 is 5.97 Å². The second kappa shape index (κ2) is 5.05. The van der Waals surface area contributed by atoms with Gasteiger partial charge in [-0.3, -0.25) is 4.79 Å². The van der Waals surface area contributed by atoms with E-state index >= 15 is 0 Å². The van der Waals surface area contributed by atoms with Crippen LogP contribution in [0.5, 0.6) is 0 Å². The quantitative estimate of drug-likeness (QED) is 0.576. The first-order valence-electron chi connectivity index (χ1n) is 8.20. The smallest absolute Gasteiger partial charge is 0.311 e. The first-order chi connectivity index (χ1) is 10.4. The minimum atomic E-state index is -0.499. The van der Waals surface area contributed by atoms with E-state index in [-0.39, 0.29) is 31.1 Å². The fraction of sp³-hybridized carbons (Fsp3) is 0.824.